The number of anilines is 2. The molecule has 0 radical (unpaired) electrons. The molecule has 108 valence electrons. The van der Waals surface area contributed by atoms with E-state index in [4.69, 9.17) is 10.6 Å². The molecule has 2 aromatic rings. The molecule has 0 spiro atoms. The lowest BCUT2D eigenvalue weighted by molar-refractivity contribution is 0.178. The minimum absolute atomic E-state index is 0.228. The van der Waals surface area contributed by atoms with Gasteiger partial charge in [-0.1, -0.05) is 6.07 Å². The van der Waals surface area contributed by atoms with Gasteiger partial charge in [0.15, 0.2) is 5.82 Å². The fourth-order valence-electron chi connectivity index (χ4n) is 1.85. The molecule has 1 unspecified atom stereocenters. The summed E-state index contributed by atoms with van der Waals surface area (Å²) in [7, 11) is 3.62. The van der Waals surface area contributed by atoms with Crippen molar-refractivity contribution >= 4 is 23.0 Å². The van der Waals surface area contributed by atoms with Gasteiger partial charge in [0, 0.05) is 25.1 Å². The molecule has 0 bridgehead atoms. The van der Waals surface area contributed by atoms with Gasteiger partial charge >= 0.3 is 0 Å². The third kappa shape index (κ3) is 3.24. The average molecular weight is 293 g/mol. The van der Waals surface area contributed by atoms with Gasteiger partial charge in [0.2, 0.25) is 0 Å². The number of nitrogens with one attached hydrogen (secondary N) is 1. The maximum atomic E-state index is 5.46. The van der Waals surface area contributed by atoms with Crippen LogP contribution in [0.4, 0.5) is 11.6 Å². The minimum Gasteiger partial charge on any atom is -0.377 e. The third-order valence-corrected chi connectivity index (χ3v) is 4.12. The van der Waals surface area contributed by atoms with Crippen molar-refractivity contribution in [3.63, 3.8) is 0 Å². The first-order chi connectivity index (χ1) is 9.65. The Bertz CT molecular complexity index is 546. The zero-order valence-electron chi connectivity index (χ0n) is 11.8. The molecule has 2 rings (SSSR count). The average Bonchev–Trinajstić information content (AvgIpc) is 2.99. The molecule has 6 nitrogen and oxygen atoms in total. The van der Waals surface area contributed by atoms with Gasteiger partial charge in [-0.15, -0.1) is 11.3 Å². The van der Waals surface area contributed by atoms with E-state index in [9.17, 15) is 0 Å². The Morgan fingerprint density at radius 3 is 2.90 bits per heavy atom. The molecule has 0 amide bonds. The molecule has 2 heterocycles. The minimum atomic E-state index is 0.228. The fourth-order valence-corrected chi connectivity index (χ4v) is 2.68. The number of methoxy groups -OCH3 is 1. The largest absolute Gasteiger partial charge is 0.377 e. The molecular formula is C13H19N5OS. The summed E-state index contributed by atoms with van der Waals surface area (Å²) in [6, 6.07) is 6.22. The number of rotatable bonds is 6. The highest BCUT2D eigenvalue weighted by atomic mass is 32.1. The summed E-state index contributed by atoms with van der Waals surface area (Å²) >= 11 is 1.73. The lowest BCUT2D eigenvalue weighted by Gasteiger charge is -2.25. The third-order valence-electron chi connectivity index (χ3n) is 3.08. The molecular weight excluding hydrogens is 274 g/mol. The van der Waals surface area contributed by atoms with Crippen LogP contribution in [0, 0.1) is 0 Å². The zero-order chi connectivity index (χ0) is 14.5. The van der Waals surface area contributed by atoms with Gasteiger partial charge < -0.3 is 15.1 Å². The Balaban J connectivity index is 2.28. The number of nitrogen functional groups attached to an aromatic ring is 1. The normalized spacial score (nSPS) is 12.2. The van der Waals surface area contributed by atoms with Crippen LogP contribution in [0.25, 0.3) is 0 Å². The summed E-state index contributed by atoms with van der Waals surface area (Å²) in [5.74, 6) is 7.44. The van der Waals surface area contributed by atoms with Gasteiger partial charge in [-0.25, -0.2) is 15.8 Å². The maximum absolute atomic E-state index is 5.46. The second-order valence-corrected chi connectivity index (χ2v) is 5.39. The van der Waals surface area contributed by atoms with Crippen LogP contribution in [-0.2, 0) is 11.3 Å². The molecule has 0 aliphatic heterocycles. The smallest absolute Gasteiger partial charge is 0.158 e. The quantitative estimate of drug-likeness (QED) is 0.628. The highest BCUT2D eigenvalue weighted by Crippen LogP contribution is 2.27. The van der Waals surface area contributed by atoms with Crippen molar-refractivity contribution in [1.82, 2.24) is 9.97 Å². The van der Waals surface area contributed by atoms with Crippen LogP contribution < -0.4 is 16.2 Å². The van der Waals surface area contributed by atoms with Gasteiger partial charge in [0.05, 0.1) is 6.04 Å². The molecule has 0 fully saturated rings. The number of aromatic nitrogens is 2. The topological polar surface area (TPSA) is 76.3 Å². The lowest BCUT2D eigenvalue weighted by atomic mass is 10.2. The Morgan fingerprint density at radius 2 is 2.30 bits per heavy atom. The zero-order valence-corrected chi connectivity index (χ0v) is 12.6. The van der Waals surface area contributed by atoms with Gasteiger partial charge in [0.1, 0.15) is 18.2 Å². The highest BCUT2D eigenvalue weighted by molar-refractivity contribution is 7.10. The van der Waals surface area contributed by atoms with Crippen LogP contribution in [0.3, 0.4) is 0 Å². The monoisotopic (exact) mass is 293 g/mol. The summed E-state index contributed by atoms with van der Waals surface area (Å²) in [5, 5.41) is 2.07. The standard InChI is InChI=1S/C13H19N5OS/c1-9(10-5-4-6-20-10)18(2)13-7-11(17-14)15-12(16-13)8-19-3/h4-7,9H,8,14H2,1-3H3,(H,15,16,17). The Hall–Kier alpha value is -1.70. The number of nitrogens with two attached hydrogens (primary N) is 1. The molecule has 0 aliphatic carbocycles. The summed E-state index contributed by atoms with van der Waals surface area (Å²) in [5.41, 5.74) is 2.56. The van der Waals surface area contributed by atoms with Crippen LogP contribution in [0.5, 0.6) is 0 Å². The van der Waals surface area contributed by atoms with Gasteiger partial charge in [0.25, 0.3) is 0 Å². The summed E-state index contributed by atoms with van der Waals surface area (Å²) < 4.78 is 5.08. The van der Waals surface area contributed by atoms with Crippen LogP contribution in [-0.4, -0.2) is 24.1 Å². The first-order valence-corrected chi connectivity index (χ1v) is 7.13. The number of hydrogen-bond acceptors (Lipinski definition) is 7. The van der Waals surface area contributed by atoms with Crippen LogP contribution in [0.1, 0.15) is 23.7 Å². The fraction of sp³-hybridized carbons (Fsp3) is 0.385. The summed E-state index contributed by atoms with van der Waals surface area (Å²) in [6.45, 7) is 2.49. The lowest BCUT2D eigenvalue weighted by Crippen LogP contribution is -2.23. The molecule has 0 aliphatic rings. The highest BCUT2D eigenvalue weighted by Gasteiger charge is 2.16. The number of hydrazine groups is 1. The Morgan fingerprint density at radius 1 is 1.50 bits per heavy atom. The van der Waals surface area contributed by atoms with E-state index in [0.29, 0.717) is 18.2 Å². The SMILES string of the molecule is COCc1nc(NN)cc(N(C)C(C)c2cccs2)n1. The van der Waals surface area contributed by atoms with E-state index in [1.165, 1.54) is 4.88 Å². The van der Waals surface area contributed by atoms with Gasteiger partial charge in [-0.3, -0.25) is 0 Å². The predicted molar refractivity (Wildman–Crippen MR) is 81.7 cm³/mol. The molecule has 7 heteroatoms. The molecule has 3 N–H and O–H groups in total. The Kier molecular flexibility index (Phi) is 4.89. The van der Waals surface area contributed by atoms with E-state index >= 15 is 0 Å². The molecule has 0 aromatic carbocycles. The van der Waals surface area contributed by atoms with Gasteiger partial charge in [-0.05, 0) is 18.4 Å². The maximum Gasteiger partial charge on any atom is 0.158 e. The first kappa shape index (κ1) is 14.7. The summed E-state index contributed by atoms with van der Waals surface area (Å²) in [4.78, 5) is 12.1. The van der Waals surface area contributed by atoms with Crippen LogP contribution in [0.2, 0.25) is 0 Å². The van der Waals surface area contributed by atoms with E-state index in [2.05, 4.69) is 38.7 Å². The predicted octanol–water partition coefficient (Wildman–Crippen LogP) is 2.17. The molecule has 0 saturated heterocycles. The van der Waals surface area contributed by atoms with E-state index in [-0.39, 0.29) is 6.04 Å². The van der Waals surface area contributed by atoms with Crippen molar-refractivity contribution in [3.05, 3.63) is 34.3 Å². The molecule has 20 heavy (non-hydrogen) atoms. The number of ether oxygens (including phenoxy) is 1. The second kappa shape index (κ2) is 6.65. The molecule has 2 aromatic heterocycles. The van der Waals surface area contributed by atoms with Crippen molar-refractivity contribution < 1.29 is 4.74 Å². The van der Waals surface area contributed by atoms with Crippen molar-refractivity contribution in [2.75, 3.05) is 24.5 Å². The van der Waals surface area contributed by atoms with Gasteiger partial charge in [-0.2, -0.15) is 0 Å². The Labute approximate surface area is 122 Å². The van der Waals surface area contributed by atoms with E-state index < -0.39 is 0 Å². The van der Waals surface area contributed by atoms with E-state index in [0.717, 1.165) is 5.82 Å². The van der Waals surface area contributed by atoms with Crippen LogP contribution in [0.15, 0.2) is 23.6 Å². The van der Waals surface area contributed by atoms with Crippen molar-refractivity contribution in [3.8, 4) is 0 Å². The summed E-state index contributed by atoms with van der Waals surface area (Å²) in [6.07, 6.45) is 0. The number of nitrogens with zero attached hydrogens (tertiary/aromatic N) is 3. The van der Waals surface area contributed by atoms with Crippen molar-refractivity contribution in [2.24, 2.45) is 5.84 Å². The van der Waals surface area contributed by atoms with Crippen molar-refractivity contribution in [2.45, 2.75) is 19.6 Å². The molecule has 1 atom stereocenters. The van der Waals surface area contributed by atoms with Crippen molar-refractivity contribution in [1.29, 1.82) is 0 Å². The van der Waals surface area contributed by atoms with E-state index in [1.807, 2.05) is 19.2 Å². The molecule has 0 saturated carbocycles. The number of thiophene rings is 1. The number of hydrogen-bond donors (Lipinski definition) is 2. The van der Waals surface area contributed by atoms with Crippen LogP contribution >= 0.6 is 11.3 Å². The second-order valence-electron chi connectivity index (χ2n) is 4.41. The van der Waals surface area contributed by atoms with E-state index in [1.54, 1.807) is 18.4 Å². The first-order valence-electron chi connectivity index (χ1n) is 6.25.